The third-order valence-electron chi connectivity index (χ3n) is 4.24. The second-order valence-electron chi connectivity index (χ2n) is 6.25. The summed E-state index contributed by atoms with van der Waals surface area (Å²) in [4.78, 5) is 6.39. The van der Waals surface area contributed by atoms with Gasteiger partial charge in [0.15, 0.2) is 0 Å². The summed E-state index contributed by atoms with van der Waals surface area (Å²) < 4.78 is 37.0. The summed E-state index contributed by atoms with van der Waals surface area (Å²) >= 11 is 0. The summed E-state index contributed by atoms with van der Waals surface area (Å²) in [6.07, 6.45) is 4.85. The summed E-state index contributed by atoms with van der Waals surface area (Å²) in [6, 6.07) is 3.96. The van der Waals surface area contributed by atoms with Gasteiger partial charge < -0.3 is 9.47 Å². The van der Waals surface area contributed by atoms with Crippen LogP contribution in [-0.4, -0.2) is 80.5 Å². The number of aromatic nitrogens is 1. The molecule has 0 aliphatic carbocycles. The van der Waals surface area contributed by atoms with Gasteiger partial charge in [0.1, 0.15) is 5.60 Å². The lowest BCUT2D eigenvalue weighted by Crippen LogP contribution is -2.59. The number of nitrogens with zero attached hydrogens (tertiary/aromatic N) is 3. The van der Waals surface area contributed by atoms with Crippen LogP contribution in [0.25, 0.3) is 0 Å². The van der Waals surface area contributed by atoms with Gasteiger partial charge in [-0.3, -0.25) is 9.88 Å². The number of hydrogen-bond donors (Lipinski definition) is 0. The monoisotopic (exact) mass is 341 g/mol. The maximum absolute atomic E-state index is 11.9. The Bertz CT molecular complexity index is 625. The van der Waals surface area contributed by atoms with Crippen molar-refractivity contribution in [3.63, 3.8) is 0 Å². The number of sulfonamides is 1. The van der Waals surface area contributed by atoms with Crippen LogP contribution in [0, 0.1) is 0 Å². The molecule has 0 aromatic carbocycles. The molecule has 3 heterocycles. The van der Waals surface area contributed by atoms with E-state index in [1.807, 2.05) is 18.3 Å². The molecule has 2 aliphatic rings. The minimum absolute atomic E-state index is 0.343. The second-order valence-corrected chi connectivity index (χ2v) is 8.23. The van der Waals surface area contributed by atoms with Crippen LogP contribution in [0.3, 0.4) is 0 Å². The molecule has 0 amide bonds. The lowest BCUT2D eigenvalue weighted by Gasteiger charge is -2.42. The van der Waals surface area contributed by atoms with Crippen LogP contribution in [0.1, 0.15) is 5.56 Å². The predicted molar refractivity (Wildman–Crippen MR) is 85.4 cm³/mol. The van der Waals surface area contributed by atoms with Gasteiger partial charge in [0.2, 0.25) is 10.0 Å². The third-order valence-corrected chi connectivity index (χ3v) is 5.49. The number of hydrogen-bond acceptors (Lipinski definition) is 6. The lowest BCUT2D eigenvalue weighted by atomic mass is 10.0. The Hall–Kier alpha value is -1.06. The van der Waals surface area contributed by atoms with Crippen molar-refractivity contribution in [1.82, 2.24) is 14.2 Å². The highest BCUT2D eigenvalue weighted by Gasteiger charge is 2.42. The largest absolute Gasteiger partial charge is 0.377 e. The second kappa shape index (κ2) is 6.82. The first kappa shape index (κ1) is 16.8. The average Bonchev–Trinajstić information content (AvgIpc) is 2.70. The molecule has 128 valence electrons. The van der Waals surface area contributed by atoms with Gasteiger partial charge in [-0.25, -0.2) is 8.42 Å². The highest BCUT2D eigenvalue weighted by Crippen LogP contribution is 2.24. The summed E-state index contributed by atoms with van der Waals surface area (Å²) in [7, 11) is -3.22. The Kier molecular flexibility index (Phi) is 4.98. The smallest absolute Gasteiger partial charge is 0.211 e. The molecule has 23 heavy (non-hydrogen) atoms. The van der Waals surface area contributed by atoms with Crippen LogP contribution < -0.4 is 0 Å². The SMILES string of the molecule is CS(=O)(=O)N1CCO[C@]2(COCCN(Cc3cccnc3)C2)C1. The normalized spacial score (nSPS) is 27.9. The molecule has 1 atom stereocenters. The fourth-order valence-electron chi connectivity index (χ4n) is 3.14. The molecule has 0 saturated carbocycles. The fourth-order valence-corrected chi connectivity index (χ4v) is 4.02. The highest BCUT2D eigenvalue weighted by atomic mass is 32.2. The van der Waals surface area contributed by atoms with Gasteiger partial charge in [0.05, 0.1) is 26.1 Å². The van der Waals surface area contributed by atoms with Gasteiger partial charge >= 0.3 is 0 Å². The van der Waals surface area contributed by atoms with Gasteiger partial charge in [-0.05, 0) is 11.6 Å². The molecule has 1 spiro atoms. The van der Waals surface area contributed by atoms with E-state index in [-0.39, 0.29) is 0 Å². The van der Waals surface area contributed by atoms with Crippen molar-refractivity contribution in [2.75, 3.05) is 52.3 Å². The number of pyridine rings is 1. The van der Waals surface area contributed by atoms with E-state index >= 15 is 0 Å². The van der Waals surface area contributed by atoms with E-state index < -0.39 is 15.6 Å². The van der Waals surface area contributed by atoms with Crippen molar-refractivity contribution >= 4 is 10.0 Å². The number of rotatable bonds is 3. The number of ether oxygens (including phenoxy) is 2. The zero-order valence-electron chi connectivity index (χ0n) is 13.3. The van der Waals surface area contributed by atoms with E-state index in [9.17, 15) is 8.42 Å². The van der Waals surface area contributed by atoms with Crippen LogP contribution >= 0.6 is 0 Å². The standard InChI is InChI=1S/C15H23N3O4S/c1-23(19,20)18-6-8-22-15(12-18)11-17(5-7-21-13-15)10-14-3-2-4-16-9-14/h2-4,9H,5-8,10-13H2,1H3/t15-/m0/s1. The fraction of sp³-hybridized carbons (Fsp3) is 0.667. The summed E-state index contributed by atoms with van der Waals surface area (Å²) in [6.45, 7) is 4.37. The summed E-state index contributed by atoms with van der Waals surface area (Å²) in [5.74, 6) is 0. The first-order valence-corrected chi connectivity index (χ1v) is 9.60. The molecular weight excluding hydrogens is 318 g/mol. The zero-order valence-corrected chi connectivity index (χ0v) is 14.2. The lowest BCUT2D eigenvalue weighted by molar-refractivity contribution is -0.126. The first-order valence-electron chi connectivity index (χ1n) is 7.75. The molecule has 3 rings (SSSR count). The number of morpholine rings is 1. The van der Waals surface area contributed by atoms with Gasteiger partial charge in [0.25, 0.3) is 0 Å². The van der Waals surface area contributed by atoms with E-state index in [1.54, 1.807) is 6.20 Å². The minimum Gasteiger partial charge on any atom is -0.377 e. The molecule has 1 aromatic rings. The van der Waals surface area contributed by atoms with E-state index in [2.05, 4.69) is 9.88 Å². The van der Waals surface area contributed by atoms with E-state index in [0.717, 1.165) is 18.7 Å². The molecule has 2 fully saturated rings. The van der Waals surface area contributed by atoms with Crippen LogP contribution in [-0.2, 0) is 26.0 Å². The molecular formula is C15H23N3O4S. The van der Waals surface area contributed by atoms with E-state index in [4.69, 9.17) is 9.47 Å². The molecule has 0 bridgehead atoms. The van der Waals surface area contributed by atoms with Crippen molar-refractivity contribution in [2.24, 2.45) is 0 Å². The van der Waals surface area contributed by atoms with Crippen LogP contribution in [0.15, 0.2) is 24.5 Å². The van der Waals surface area contributed by atoms with Crippen molar-refractivity contribution in [3.8, 4) is 0 Å². The highest BCUT2D eigenvalue weighted by molar-refractivity contribution is 7.88. The summed E-state index contributed by atoms with van der Waals surface area (Å²) in [5, 5.41) is 0. The van der Waals surface area contributed by atoms with Gasteiger partial charge in [-0.2, -0.15) is 4.31 Å². The Labute approximate surface area is 137 Å². The maximum Gasteiger partial charge on any atom is 0.211 e. The zero-order chi connectivity index (χ0) is 16.3. The molecule has 8 heteroatoms. The van der Waals surface area contributed by atoms with Crippen molar-refractivity contribution in [3.05, 3.63) is 30.1 Å². The van der Waals surface area contributed by atoms with Gasteiger partial charge in [-0.1, -0.05) is 6.07 Å². The van der Waals surface area contributed by atoms with Gasteiger partial charge in [-0.15, -0.1) is 0 Å². The topological polar surface area (TPSA) is 72.0 Å². The molecule has 0 N–H and O–H groups in total. The molecule has 1 aromatic heterocycles. The Balaban J connectivity index is 1.73. The Morgan fingerprint density at radius 2 is 2.17 bits per heavy atom. The van der Waals surface area contributed by atoms with Crippen molar-refractivity contribution in [1.29, 1.82) is 0 Å². The van der Waals surface area contributed by atoms with Gasteiger partial charge in [0, 0.05) is 45.1 Å². The minimum atomic E-state index is -3.22. The average molecular weight is 341 g/mol. The van der Waals surface area contributed by atoms with Crippen LogP contribution in [0.5, 0.6) is 0 Å². The van der Waals surface area contributed by atoms with E-state index in [0.29, 0.717) is 39.5 Å². The predicted octanol–water partition coefficient (Wildman–Crippen LogP) is -0.0556. The molecule has 0 unspecified atom stereocenters. The third kappa shape index (κ3) is 4.27. The van der Waals surface area contributed by atoms with Crippen molar-refractivity contribution < 1.29 is 17.9 Å². The quantitative estimate of drug-likeness (QED) is 0.767. The van der Waals surface area contributed by atoms with Crippen molar-refractivity contribution in [2.45, 2.75) is 12.1 Å². The molecule has 2 saturated heterocycles. The molecule has 0 radical (unpaired) electrons. The Morgan fingerprint density at radius 3 is 2.91 bits per heavy atom. The molecule has 7 nitrogen and oxygen atoms in total. The Morgan fingerprint density at radius 1 is 1.30 bits per heavy atom. The van der Waals surface area contributed by atoms with E-state index in [1.165, 1.54) is 10.6 Å². The maximum atomic E-state index is 11.9. The molecule has 2 aliphatic heterocycles. The first-order chi connectivity index (χ1) is 11.0. The summed E-state index contributed by atoms with van der Waals surface area (Å²) in [5.41, 5.74) is 0.528. The van der Waals surface area contributed by atoms with Crippen LogP contribution in [0.2, 0.25) is 0 Å². The van der Waals surface area contributed by atoms with Crippen LogP contribution in [0.4, 0.5) is 0 Å².